The van der Waals surface area contributed by atoms with Gasteiger partial charge >= 0.3 is 5.97 Å². The Balaban J connectivity index is 1.85. The zero-order valence-corrected chi connectivity index (χ0v) is 20.4. The second-order valence-electron chi connectivity index (χ2n) is 9.77. The van der Waals surface area contributed by atoms with Crippen LogP contribution in [0.2, 0.25) is 0 Å². The van der Waals surface area contributed by atoms with E-state index in [0.717, 1.165) is 53.4 Å². The van der Waals surface area contributed by atoms with Gasteiger partial charge in [-0.2, -0.15) is 0 Å². The van der Waals surface area contributed by atoms with Gasteiger partial charge in [0.25, 0.3) is 0 Å². The summed E-state index contributed by atoms with van der Waals surface area (Å²) in [6, 6.07) is 0. The number of esters is 1. The second kappa shape index (κ2) is 8.30. The third-order valence-corrected chi connectivity index (χ3v) is 7.26. The van der Waals surface area contributed by atoms with Gasteiger partial charge in [-0.05, 0) is 60.2 Å². The molecule has 2 aromatic rings. The molecule has 0 radical (unpaired) electrons. The van der Waals surface area contributed by atoms with Gasteiger partial charge in [0, 0.05) is 13.1 Å². The number of carbonyl (C=O) groups excluding carboxylic acids is 1. The third kappa shape index (κ3) is 4.43. The number of aryl methyl sites for hydroxylation is 1. The van der Waals surface area contributed by atoms with Crippen LogP contribution in [0.25, 0.3) is 10.2 Å². The van der Waals surface area contributed by atoms with Gasteiger partial charge < -0.3 is 19.3 Å². The smallest absolute Gasteiger partial charge is 0.348 e. The minimum absolute atomic E-state index is 0.116. The van der Waals surface area contributed by atoms with E-state index in [-0.39, 0.29) is 17.2 Å². The third-order valence-electron chi connectivity index (χ3n) is 6.09. The average Bonchev–Trinajstić information content (AvgIpc) is 3.23. The van der Waals surface area contributed by atoms with E-state index >= 15 is 0 Å². The van der Waals surface area contributed by atoms with Crippen LogP contribution < -0.4 is 4.90 Å². The number of hydrogen-bond acceptors (Lipinski definition) is 8. The van der Waals surface area contributed by atoms with Gasteiger partial charge in [0.2, 0.25) is 0 Å². The molecule has 0 N–H and O–H groups in total. The molecule has 3 heterocycles. The van der Waals surface area contributed by atoms with Crippen molar-refractivity contribution in [3.8, 4) is 0 Å². The van der Waals surface area contributed by atoms with E-state index in [1.165, 1.54) is 24.2 Å². The predicted octanol–water partition coefficient (Wildman–Crippen LogP) is 4.17. The fraction of sp³-hybridized carbons (Fsp3) is 0.696. The molecule has 7 nitrogen and oxygen atoms in total. The van der Waals surface area contributed by atoms with Gasteiger partial charge in [-0.15, -0.1) is 11.3 Å². The average molecular weight is 447 g/mol. The van der Waals surface area contributed by atoms with Crippen molar-refractivity contribution in [1.82, 2.24) is 14.9 Å². The summed E-state index contributed by atoms with van der Waals surface area (Å²) in [4.78, 5) is 28.4. The van der Waals surface area contributed by atoms with E-state index in [4.69, 9.17) is 19.4 Å². The van der Waals surface area contributed by atoms with Gasteiger partial charge in [-0.25, -0.2) is 14.8 Å². The Bertz CT molecular complexity index is 979. The van der Waals surface area contributed by atoms with E-state index in [0.29, 0.717) is 18.0 Å². The number of nitrogens with zero attached hydrogens (tertiary/aromatic N) is 4. The monoisotopic (exact) mass is 446 g/mol. The number of ether oxygens (including phenoxy) is 2. The standard InChI is InChI=1S/C23H34N4O3S/c1-7-29-21(28)18-15(2)17-19(24-16(12-26(5)6)25-20(17)31-18)27-13-22(3,4)30-23(14-27)10-8-9-11-23/h7-14H2,1-6H3. The lowest BCUT2D eigenvalue weighted by molar-refractivity contribution is -0.148. The topological polar surface area (TPSA) is 67.8 Å². The molecule has 2 fully saturated rings. The summed E-state index contributed by atoms with van der Waals surface area (Å²) >= 11 is 1.41. The Hall–Kier alpha value is -1.77. The highest BCUT2D eigenvalue weighted by atomic mass is 32.1. The first-order valence-corrected chi connectivity index (χ1v) is 12.0. The molecule has 2 aromatic heterocycles. The molecule has 0 aromatic carbocycles. The Morgan fingerprint density at radius 2 is 1.94 bits per heavy atom. The van der Waals surface area contributed by atoms with Crippen molar-refractivity contribution < 1.29 is 14.3 Å². The largest absolute Gasteiger partial charge is 0.462 e. The molecule has 0 amide bonds. The lowest BCUT2D eigenvalue weighted by Gasteiger charge is -2.49. The molecule has 1 spiro atoms. The molecule has 1 aliphatic carbocycles. The summed E-state index contributed by atoms with van der Waals surface area (Å²) in [6.45, 7) is 10.7. The van der Waals surface area contributed by atoms with Crippen molar-refractivity contribution in [3.63, 3.8) is 0 Å². The zero-order valence-electron chi connectivity index (χ0n) is 19.6. The molecule has 4 rings (SSSR count). The second-order valence-corrected chi connectivity index (χ2v) is 10.8. The van der Waals surface area contributed by atoms with Crippen molar-refractivity contribution in [2.45, 2.75) is 71.1 Å². The first kappa shape index (κ1) is 22.4. The van der Waals surface area contributed by atoms with Crippen LogP contribution in [0.3, 0.4) is 0 Å². The summed E-state index contributed by atoms with van der Waals surface area (Å²) in [5.41, 5.74) is 0.527. The number of anilines is 1. The maximum Gasteiger partial charge on any atom is 0.348 e. The van der Waals surface area contributed by atoms with E-state index in [9.17, 15) is 4.79 Å². The molecular weight excluding hydrogens is 412 g/mol. The van der Waals surface area contributed by atoms with Gasteiger partial charge in [-0.3, -0.25) is 0 Å². The van der Waals surface area contributed by atoms with E-state index in [1.54, 1.807) is 0 Å². The zero-order chi connectivity index (χ0) is 22.4. The van der Waals surface area contributed by atoms with E-state index < -0.39 is 0 Å². The highest BCUT2D eigenvalue weighted by molar-refractivity contribution is 7.20. The van der Waals surface area contributed by atoms with Crippen molar-refractivity contribution in [2.75, 3.05) is 38.7 Å². The number of morpholine rings is 1. The van der Waals surface area contributed by atoms with E-state index in [2.05, 4.69) is 23.6 Å². The normalized spacial score (nSPS) is 20.2. The maximum absolute atomic E-state index is 12.6. The van der Waals surface area contributed by atoms with Crippen LogP contribution in [-0.4, -0.2) is 65.8 Å². The first-order valence-electron chi connectivity index (χ1n) is 11.2. The summed E-state index contributed by atoms with van der Waals surface area (Å²) in [5.74, 6) is 1.42. The van der Waals surface area contributed by atoms with Crippen LogP contribution in [0.4, 0.5) is 5.82 Å². The molecule has 2 aliphatic rings. The first-order chi connectivity index (χ1) is 14.6. The van der Waals surface area contributed by atoms with E-state index in [1.807, 2.05) is 27.9 Å². The molecular formula is C23H34N4O3S. The summed E-state index contributed by atoms with van der Waals surface area (Å²) < 4.78 is 11.9. The van der Waals surface area contributed by atoms with Crippen LogP contribution in [0.1, 0.15) is 67.5 Å². The van der Waals surface area contributed by atoms with Crippen LogP contribution in [0.15, 0.2) is 0 Å². The number of carbonyl (C=O) groups is 1. The highest BCUT2D eigenvalue weighted by Gasteiger charge is 2.46. The fourth-order valence-electron chi connectivity index (χ4n) is 5.08. The van der Waals surface area contributed by atoms with Crippen molar-refractivity contribution in [3.05, 3.63) is 16.3 Å². The quantitative estimate of drug-likeness (QED) is 0.639. The van der Waals surface area contributed by atoms with Crippen LogP contribution in [0.5, 0.6) is 0 Å². The van der Waals surface area contributed by atoms with Crippen molar-refractivity contribution in [1.29, 1.82) is 0 Å². The van der Waals surface area contributed by atoms with Gasteiger partial charge in [0.05, 0.1) is 29.7 Å². The number of hydrogen-bond donors (Lipinski definition) is 0. The number of thiophene rings is 1. The molecule has 8 heteroatoms. The number of fused-ring (bicyclic) bond motifs is 1. The maximum atomic E-state index is 12.6. The molecule has 0 unspecified atom stereocenters. The SMILES string of the molecule is CCOC(=O)c1sc2nc(CN(C)C)nc(N3CC(C)(C)OC4(CCCC4)C3)c2c1C. The van der Waals surface area contributed by atoms with Gasteiger partial charge in [-0.1, -0.05) is 12.8 Å². The predicted molar refractivity (Wildman–Crippen MR) is 124 cm³/mol. The summed E-state index contributed by atoms with van der Waals surface area (Å²) in [6.07, 6.45) is 4.59. The Morgan fingerprint density at radius 3 is 2.58 bits per heavy atom. The summed E-state index contributed by atoms with van der Waals surface area (Å²) in [7, 11) is 4.03. The van der Waals surface area contributed by atoms with Crippen LogP contribution in [-0.2, 0) is 16.0 Å². The summed E-state index contributed by atoms with van der Waals surface area (Å²) in [5, 5.41) is 0.974. The highest BCUT2D eigenvalue weighted by Crippen LogP contribution is 2.44. The van der Waals surface area contributed by atoms with Gasteiger partial charge in [0.1, 0.15) is 21.3 Å². The Morgan fingerprint density at radius 1 is 1.23 bits per heavy atom. The van der Waals surface area contributed by atoms with Crippen molar-refractivity contribution in [2.24, 2.45) is 0 Å². The lowest BCUT2D eigenvalue weighted by Crippen LogP contribution is -2.59. The Kier molecular flexibility index (Phi) is 6.00. The van der Waals surface area contributed by atoms with Crippen LogP contribution >= 0.6 is 11.3 Å². The molecule has 1 saturated heterocycles. The molecule has 31 heavy (non-hydrogen) atoms. The minimum atomic E-state index is -0.280. The molecule has 1 saturated carbocycles. The molecule has 170 valence electrons. The van der Waals surface area contributed by atoms with Gasteiger partial charge in [0.15, 0.2) is 0 Å². The Labute approximate surface area is 188 Å². The molecule has 0 bridgehead atoms. The van der Waals surface area contributed by atoms with Crippen LogP contribution in [0, 0.1) is 6.92 Å². The number of rotatable bonds is 5. The molecule has 1 aliphatic heterocycles. The fourth-order valence-corrected chi connectivity index (χ4v) is 6.17. The minimum Gasteiger partial charge on any atom is -0.462 e. The lowest BCUT2D eigenvalue weighted by atomic mass is 9.94. The van der Waals surface area contributed by atoms with Crippen molar-refractivity contribution >= 4 is 33.3 Å². The number of aromatic nitrogens is 2. The molecule has 0 atom stereocenters.